The zero-order valence-corrected chi connectivity index (χ0v) is 16.2. The minimum absolute atomic E-state index is 0.0449. The van der Waals surface area contributed by atoms with Crippen LogP contribution in [0.1, 0.15) is 17.2 Å². The first kappa shape index (κ1) is 21.5. The van der Waals surface area contributed by atoms with E-state index in [1.165, 1.54) is 24.5 Å². The number of pyridine rings is 4. The van der Waals surface area contributed by atoms with Crippen LogP contribution in [0.3, 0.4) is 0 Å². The van der Waals surface area contributed by atoms with Crippen LogP contribution in [0.2, 0.25) is 0 Å². The number of aliphatic hydroxyl groups excluding tert-OH is 2. The van der Waals surface area contributed by atoms with Gasteiger partial charge in [0.05, 0.1) is 23.4 Å². The van der Waals surface area contributed by atoms with E-state index >= 15 is 0 Å². The fourth-order valence-corrected chi connectivity index (χ4v) is 2.97. The van der Waals surface area contributed by atoms with Crippen molar-refractivity contribution in [2.24, 2.45) is 0 Å². The number of fused-ring (bicyclic) bond motifs is 1. The highest BCUT2D eigenvalue weighted by atomic mass is 19.4. The normalized spacial score (nSPS) is 12.7. The van der Waals surface area contributed by atoms with Gasteiger partial charge in [0.25, 0.3) is 0 Å². The first-order valence-electron chi connectivity index (χ1n) is 9.27. The highest BCUT2D eigenvalue weighted by molar-refractivity contribution is 5.91. The van der Waals surface area contributed by atoms with Gasteiger partial charge in [0, 0.05) is 29.5 Å². The van der Waals surface area contributed by atoms with Gasteiger partial charge in [0.2, 0.25) is 0 Å². The van der Waals surface area contributed by atoms with Gasteiger partial charge in [-0.3, -0.25) is 4.98 Å². The number of rotatable bonds is 5. The van der Waals surface area contributed by atoms with Crippen LogP contribution in [0.4, 0.5) is 29.2 Å². The van der Waals surface area contributed by atoms with Gasteiger partial charge in [-0.1, -0.05) is 0 Å². The third-order valence-corrected chi connectivity index (χ3v) is 4.62. The van der Waals surface area contributed by atoms with Crippen LogP contribution in [0.25, 0.3) is 22.3 Å². The van der Waals surface area contributed by atoms with E-state index in [4.69, 9.17) is 5.11 Å². The van der Waals surface area contributed by atoms with Crippen LogP contribution in [-0.4, -0.2) is 36.8 Å². The molecule has 7 nitrogen and oxygen atoms in total. The lowest BCUT2D eigenvalue weighted by Gasteiger charge is -2.11. The fraction of sp³-hybridized carbons (Fsp3) is 0.143. The summed E-state index contributed by atoms with van der Waals surface area (Å²) in [6.45, 7) is -0.564. The average molecular weight is 445 g/mol. The molecule has 0 aliphatic carbocycles. The van der Waals surface area contributed by atoms with E-state index in [1.54, 1.807) is 12.1 Å². The van der Waals surface area contributed by atoms with Crippen LogP contribution in [0, 0.1) is 5.82 Å². The lowest BCUT2D eigenvalue weighted by atomic mass is 10.1. The predicted octanol–water partition coefficient (Wildman–Crippen LogP) is 4.01. The van der Waals surface area contributed by atoms with E-state index in [0.717, 1.165) is 18.3 Å². The smallest absolute Gasteiger partial charge is 0.393 e. The van der Waals surface area contributed by atoms with Crippen LogP contribution in [0.15, 0.2) is 55.0 Å². The molecule has 4 aromatic heterocycles. The van der Waals surface area contributed by atoms with Crippen molar-refractivity contribution in [3.8, 4) is 11.4 Å². The Morgan fingerprint density at radius 2 is 1.81 bits per heavy atom. The molecule has 0 aromatic carbocycles. The maximum Gasteiger partial charge on any atom is 0.417 e. The Morgan fingerprint density at radius 1 is 1.00 bits per heavy atom. The summed E-state index contributed by atoms with van der Waals surface area (Å²) in [7, 11) is 0. The average Bonchev–Trinajstić information content (AvgIpc) is 2.78. The number of anilines is 2. The van der Waals surface area contributed by atoms with Crippen LogP contribution < -0.4 is 5.32 Å². The molecule has 0 bridgehead atoms. The molecule has 0 amide bonds. The van der Waals surface area contributed by atoms with Crippen molar-refractivity contribution in [1.82, 2.24) is 19.9 Å². The van der Waals surface area contributed by atoms with Gasteiger partial charge in [0.15, 0.2) is 5.82 Å². The molecule has 1 unspecified atom stereocenters. The summed E-state index contributed by atoms with van der Waals surface area (Å²) in [5, 5.41) is 22.0. The third kappa shape index (κ3) is 4.34. The standard InChI is InChI=1S/C21H15F4N5O2/c22-14-7-11(17(32)10-31)8-28-19(14)16-3-2-13-15(29-16)5-6-26-20(13)30-18-4-1-12(9-27-18)21(23,24)25/h1-9,17,31-32H,10H2,(H,26,27,30). The zero-order chi connectivity index (χ0) is 22.9. The van der Waals surface area contributed by atoms with Gasteiger partial charge in [-0.15, -0.1) is 0 Å². The van der Waals surface area contributed by atoms with Gasteiger partial charge in [-0.05, 0) is 36.4 Å². The second-order valence-electron chi connectivity index (χ2n) is 6.78. The highest BCUT2D eigenvalue weighted by Gasteiger charge is 2.30. The molecular formula is C21H15F4N5O2. The second-order valence-corrected chi connectivity index (χ2v) is 6.78. The maximum absolute atomic E-state index is 14.5. The van der Waals surface area contributed by atoms with Crippen LogP contribution in [0.5, 0.6) is 0 Å². The molecule has 4 heterocycles. The number of hydrogen-bond acceptors (Lipinski definition) is 7. The maximum atomic E-state index is 14.5. The summed E-state index contributed by atoms with van der Waals surface area (Å²) in [6, 6.07) is 7.89. The SMILES string of the molecule is OCC(O)c1cnc(-c2ccc3c(Nc4ccc(C(F)(F)F)cn4)nccc3n2)c(F)c1. The molecule has 0 aliphatic heterocycles. The molecule has 4 rings (SSSR count). The number of aromatic nitrogens is 4. The van der Waals surface area contributed by atoms with Gasteiger partial charge in [-0.25, -0.2) is 19.3 Å². The molecule has 164 valence electrons. The Hall–Kier alpha value is -3.70. The topological polar surface area (TPSA) is 104 Å². The molecule has 0 saturated carbocycles. The Morgan fingerprint density at radius 3 is 2.47 bits per heavy atom. The lowest BCUT2D eigenvalue weighted by molar-refractivity contribution is -0.137. The number of aliphatic hydroxyl groups is 2. The summed E-state index contributed by atoms with van der Waals surface area (Å²) < 4.78 is 52.6. The number of nitrogens with one attached hydrogen (secondary N) is 1. The molecule has 32 heavy (non-hydrogen) atoms. The zero-order valence-electron chi connectivity index (χ0n) is 16.2. The van der Waals surface area contributed by atoms with Crippen molar-refractivity contribution in [3.63, 3.8) is 0 Å². The van der Waals surface area contributed by atoms with Gasteiger partial charge in [0.1, 0.15) is 23.4 Å². The summed E-state index contributed by atoms with van der Waals surface area (Å²) in [5.74, 6) is -0.250. The number of nitrogens with zero attached hydrogens (tertiary/aromatic N) is 4. The van der Waals surface area contributed by atoms with Crippen LogP contribution >= 0.6 is 0 Å². The van der Waals surface area contributed by atoms with Gasteiger partial charge in [-0.2, -0.15) is 13.2 Å². The van der Waals surface area contributed by atoms with E-state index in [-0.39, 0.29) is 22.8 Å². The van der Waals surface area contributed by atoms with Crippen LogP contribution in [-0.2, 0) is 6.18 Å². The molecule has 0 spiro atoms. The van der Waals surface area contributed by atoms with Crippen molar-refractivity contribution >= 4 is 22.5 Å². The van der Waals surface area contributed by atoms with Crippen molar-refractivity contribution in [2.45, 2.75) is 12.3 Å². The minimum Gasteiger partial charge on any atom is -0.393 e. The number of halogens is 4. The second kappa shape index (κ2) is 8.44. The Labute approximate surface area is 178 Å². The minimum atomic E-state index is -4.48. The summed E-state index contributed by atoms with van der Waals surface area (Å²) in [4.78, 5) is 16.3. The summed E-state index contributed by atoms with van der Waals surface area (Å²) >= 11 is 0. The molecule has 1 atom stereocenters. The monoisotopic (exact) mass is 445 g/mol. The Balaban J connectivity index is 1.64. The van der Waals surface area contributed by atoms with Gasteiger partial charge < -0.3 is 15.5 Å². The molecule has 0 aliphatic rings. The van der Waals surface area contributed by atoms with Gasteiger partial charge >= 0.3 is 6.18 Å². The predicted molar refractivity (Wildman–Crippen MR) is 107 cm³/mol. The van der Waals surface area contributed by atoms with Crippen molar-refractivity contribution < 1.29 is 27.8 Å². The molecule has 4 aromatic rings. The summed E-state index contributed by atoms with van der Waals surface area (Å²) in [5.41, 5.74) is -0.115. The molecule has 11 heteroatoms. The first-order chi connectivity index (χ1) is 15.3. The van der Waals surface area contributed by atoms with E-state index in [2.05, 4.69) is 25.3 Å². The van der Waals surface area contributed by atoms with Crippen molar-refractivity contribution in [3.05, 3.63) is 71.9 Å². The molecular weight excluding hydrogens is 430 g/mol. The molecule has 0 fully saturated rings. The molecule has 3 N–H and O–H groups in total. The summed E-state index contributed by atoms with van der Waals surface area (Å²) in [6.07, 6.45) is -2.32. The number of alkyl halides is 3. The van der Waals surface area contributed by atoms with E-state index in [0.29, 0.717) is 16.7 Å². The van der Waals surface area contributed by atoms with E-state index < -0.39 is 30.3 Å². The Bertz CT molecular complexity index is 1270. The van der Waals surface area contributed by atoms with E-state index in [1.807, 2.05) is 0 Å². The fourth-order valence-electron chi connectivity index (χ4n) is 2.97. The van der Waals surface area contributed by atoms with Crippen molar-refractivity contribution in [1.29, 1.82) is 0 Å². The highest BCUT2D eigenvalue weighted by Crippen LogP contribution is 2.30. The molecule has 0 saturated heterocycles. The van der Waals surface area contributed by atoms with E-state index in [9.17, 15) is 22.7 Å². The Kier molecular flexibility index (Phi) is 5.68. The first-order valence-corrected chi connectivity index (χ1v) is 9.27. The molecule has 0 radical (unpaired) electrons. The quantitative estimate of drug-likeness (QED) is 0.399. The largest absolute Gasteiger partial charge is 0.417 e. The third-order valence-electron chi connectivity index (χ3n) is 4.62. The lowest BCUT2D eigenvalue weighted by Crippen LogP contribution is -2.06. The number of hydrogen-bond donors (Lipinski definition) is 3. The van der Waals surface area contributed by atoms with Crippen molar-refractivity contribution in [2.75, 3.05) is 11.9 Å².